The van der Waals surface area contributed by atoms with E-state index in [1.807, 2.05) is 0 Å². The normalized spacial score (nSPS) is 10.4. The first-order chi connectivity index (χ1) is 6.93. The second kappa shape index (κ2) is 8.25. The van der Waals surface area contributed by atoms with Crippen LogP contribution in [0.2, 0.25) is 0 Å². The number of hydrogen-bond acceptors (Lipinski definition) is 2. The Kier molecular flexibility index (Phi) is 7.06. The van der Waals surface area contributed by atoms with Gasteiger partial charge in [-0.05, 0) is 24.8 Å². The molecule has 0 fully saturated rings. The van der Waals surface area contributed by atoms with Crippen LogP contribution >= 0.6 is 22.5 Å². The van der Waals surface area contributed by atoms with Gasteiger partial charge in [-0.25, -0.2) is 0 Å². The Balaban J connectivity index is 1.99. The van der Waals surface area contributed by atoms with Gasteiger partial charge in [-0.1, -0.05) is 54.0 Å². The molecule has 0 aliphatic carbocycles. The molecule has 0 aliphatic rings. The molecule has 0 amide bonds. The molecule has 0 saturated heterocycles. The standard InChI is InChI=1S/C12H18S2/c13-14-11-7-2-1-4-8-12-9-5-3-6-10-12/h3,5-6,9-10,13H,1-2,4,7-8,11H2. The van der Waals surface area contributed by atoms with E-state index in [2.05, 4.69) is 42.0 Å². The summed E-state index contributed by atoms with van der Waals surface area (Å²) < 4.78 is 0. The lowest BCUT2D eigenvalue weighted by atomic mass is 10.1. The van der Waals surface area contributed by atoms with Gasteiger partial charge < -0.3 is 0 Å². The van der Waals surface area contributed by atoms with Crippen LogP contribution in [0.4, 0.5) is 0 Å². The number of thiol groups is 1. The molecule has 0 atom stereocenters. The molecule has 2 heteroatoms. The van der Waals surface area contributed by atoms with Gasteiger partial charge in [0.2, 0.25) is 0 Å². The van der Waals surface area contributed by atoms with Crippen LogP contribution in [-0.4, -0.2) is 5.75 Å². The lowest BCUT2D eigenvalue weighted by Crippen LogP contribution is -1.85. The van der Waals surface area contributed by atoms with E-state index in [9.17, 15) is 0 Å². The van der Waals surface area contributed by atoms with Crippen LogP contribution in [0.1, 0.15) is 31.2 Å². The van der Waals surface area contributed by atoms with E-state index in [4.69, 9.17) is 0 Å². The van der Waals surface area contributed by atoms with Crippen molar-refractivity contribution in [1.29, 1.82) is 0 Å². The van der Waals surface area contributed by atoms with Crippen LogP contribution in [0, 0.1) is 0 Å². The summed E-state index contributed by atoms with van der Waals surface area (Å²) in [4.78, 5) is 0. The minimum absolute atomic E-state index is 1.19. The maximum Gasteiger partial charge on any atom is 0.00345 e. The fraction of sp³-hybridized carbons (Fsp3) is 0.500. The van der Waals surface area contributed by atoms with Gasteiger partial charge in [0.1, 0.15) is 0 Å². The van der Waals surface area contributed by atoms with Crippen molar-refractivity contribution < 1.29 is 0 Å². The van der Waals surface area contributed by atoms with E-state index in [1.165, 1.54) is 43.4 Å². The third-order valence-corrected chi connectivity index (χ3v) is 3.31. The molecule has 0 unspecified atom stereocenters. The third kappa shape index (κ3) is 5.61. The Morgan fingerprint density at radius 2 is 1.64 bits per heavy atom. The monoisotopic (exact) mass is 226 g/mol. The smallest absolute Gasteiger partial charge is 0.00345 e. The van der Waals surface area contributed by atoms with Gasteiger partial charge in [-0.2, -0.15) is 0 Å². The summed E-state index contributed by atoms with van der Waals surface area (Å²) in [7, 11) is 1.65. The molecule has 14 heavy (non-hydrogen) atoms. The molecule has 0 bridgehead atoms. The molecule has 0 aromatic heterocycles. The van der Waals surface area contributed by atoms with E-state index >= 15 is 0 Å². The van der Waals surface area contributed by atoms with Crippen molar-refractivity contribution in [2.75, 3.05) is 5.75 Å². The van der Waals surface area contributed by atoms with Crippen LogP contribution in [0.5, 0.6) is 0 Å². The van der Waals surface area contributed by atoms with Crippen molar-refractivity contribution in [3.63, 3.8) is 0 Å². The van der Waals surface area contributed by atoms with Crippen molar-refractivity contribution in [3.8, 4) is 0 Å². The molecule has 1 rings (SSSR count). The molecule has 0 N–H and O–H groups in total. The van der Waals surface area contributed by atoms with Gasteiger partial charge in [0.25, 0.3) is 0 Å². The van der Waals surface area contributed by atoms with E-state index < -0.39 is 0 Å². The highest BCUT2D eigenvalue weighted by atomic mass is 33.1. The predicted molar refractivity (Wildman–Crippen MR) is 70.1 cm³/mol. The van der Waals surface area contributed by atoms with Crippen molar-refractivity contribution in [2.45, 2.75) is 32.1 Å². The quantitative estimate of drug-likeness (QED) is 0.409. The van der Waals surface area contributed by atoms with Gasteiger partial charge in [-0.3, -0.25) is 0 Å². The third-order valence-electron chi connectivity index (χ3n) is 2.29. The summed E-state index contributed by atoms with van der Waals surface area (Å²) in [5.41, 5.74) is 1.47. The highest BCUT2D eigenvalue weighted by Crippen LogP contribution is 2.11. The second-order valence-corrected chi connectivity index (χ2v) is 4.92. The SMILES string of the molecule is SSCCCCCCc1ccccc1. The van der Waals surface area contributed by atoms with Gasteiger partial charge in [0.05, 0.1) is 0 Å². The van der Waals surface area contributed by atoms with E-state index in [0.717, 1.165) is 0 Å². The fourth-order valence-electron chi connectivity index (χ4n) is 1.49. The number of unbranched alkanes of at least 4 members (excludes halogenated alkanes) is 3. The van der Waals surface area contributed by atoms with Crippen molar-refractivity contribution in [3.05, 3.63) is 35.9 Å². The molecule has 0 aliphatic heterocycles. The molecule has 0 saturated carbocycles. The molecule has 0 heterocycles. The number of aryl methyl sites for hydroxylation is 1. The Morgan fingerprint density at radius 1 is 0.929 bits per heavy atom. The first kappa shape index (κ1) is 12.0. The van der Waals surface area contributed by atoms with E-state index in [-0.39, 0.29) is 0 Å². The molecule has 1 aromatic rings. The number of benzene rings is 1. The molecule has 78 valence electrons. The van der Waals surface area contributed by atoms with E-state index in [1.54, 1.807) is 10.8 Å². The molecule has 1 aromatic carbocycles. The molecular weight excluding hydrogens is 208 g/mol. The van der Waals surface area contributed by atoms with Crippen LogP contribution in [-0.2, 0) is 6.42 Å². The Hall–Kier alpha value is -0.0800. The zero-order chi connectivity index (χ0) is 10.1. The lowest BCUT2D eigenvalue weighted by molar-refractivity contribution is 0.671. The summed E-state index contributed by atoms with van der Waals surface area (Å²) in [6, 6.07) is 10.7. The van der Waals surface area contributed by atoms with Crippen molar-refractivity contribution in [2.24, 2.45) is 0 Å². The first-order valence-electron chi connectivity index (χ1n) is 5.24. The predicted octanol–water partition coefficient (Wildman–Crippen LogP) is 4.37. The van der Waals surface area contributed by atoms with Gasteiger partial charge in [-0.15, -0.1) is 11.7 Å². The Labute approximate surface area is 96.3 Å². The summed E-state index contributed by atoms with van der Waals surface area (Å²) >= 11 is 4.12. The first-order valence-corrected chi connectivity index (χ1v) is 7.27. The largest absolute Gasteiger partial charge is 0.111 e. The van der Waals surface area contributed by atoms with E-state index in [0.29, 0.717) is 0 Å². The Bertz CT molecular complexity index is 221. The maximum atomic E-state index is 4.12. The van der Waals surface area contributed by atoms with Crippen molar-refractivity contribution in [1.82, 2.24) is 0 Å². The average molecular weight is 226 g/mol. The molecule has 0 nitrogen and oxygen atoms in total. The summed E-state index contributed by atoms with van der Waals surface area (Å²) in [5, 5.41) is 0. The van der Waals surface area contributed by atoms with Gasteiger partial charge in [0.15, 0.2) is 0 Å². The molecular formula is C12H18S2. The minimum atomic E-state index is 1.19. The lowest BCUT2D eigenvalue weighted by Gasteiger charge is -2.00. The van der Waals surface area contributed by atoms with Crippen LogP contribution in [0.3, 0.4) is 0 Å². The van der Waals surface area contributed by atoms with Crippen molar-refractivity contribution >= 4 is 22.5 Å². The maximum absolute atomic E-state index is 4.12. The highest BCUT2D eigenvalue weighted by Gasteiger charge is 1.92. The van der Waals surface area contributed by atoms with Gasteiger partial charge >= 0.3 is 0 Å². The van der Waals surface area contributed by atoms with Gasteiger partial charge in [0, 0.05) is 5.75 Å². The zero-order valence-corrected chi connectivity index (χ0v) is 10.2. The zero-order valence-electron chi connectivity index (χ0n) is 8.48. The summed E-state index contributed by atoms with van der Waals surface area (Å²) in [5.74, 6) is 1.19. The fourth-order valence-corrected chi connectivity index (χ4v) is 2.21. The Morgan fingerprint density at radius 3 is 2.36 bits per heavy atom. The average Bonchev–Trinajstić information content (AvgIpc) is 2.25. The molecule has 0 spiro atoms. The van der Waals surface area contributed by atoms with Crippen LogP contribution < -0.4 is 0 Å². The topological polar surface area (TPSA) is 0 Å². The second-order valence-electron chi connectivity index (χ2n) is 3.48. The highest BCUT2D eigenvalue weighted by molar-refractivity contribution is 8.68. The molecule has 0 radical (unpaired) electrons. The number of hydrogen-bond donors (Lipinski definition) is 1. The summed E-state index contributed by atoms with van der Waals surface area (Å²) in [6.07, 6.45) is 6.56. The summed E-state index contributed by atoms with van der Waals surface area (Å²) in [6.45, 7) is 0. The minimum Gasteiger partial charge on any atom is -0.111 e. The number of rotatable bonds is 7. The van der Waals surface area contributed by atoms with Crippen LogP contribution in [0.15, 0.2) is 30.3 Å². The van der Waals surface area contributed by atoms with Crippen LogP contribution in [0.25, 0.3) is 0 Å².